The number of hydrogen-bond acceptors (Lipinski definition) is 3. The summed E-state index contributed by atoms with van der Waals surface area (Å²) < 4.78 is 0. The molecule has 4 aromatic rings. The molecule has 4 nitrogen and oxygen atoms in total. The lowest BCUT2D eigenvalue weighted by Gasteiger charge is -2.13. The summed E-state index contributed by atoms with van der Waals surface area (Å²) in [6.07, 6.45) is 4.31. The van der Waals surface area contributed by atoms with Crippen molar-refractivity contribution in [1.29, 1.82) is 0 Å². The normalized spacial score (nSPS) is 12.3. The Kier molecular flexibility index (Phi) is 6.64. The quantitative estimate of drug-likeness (QED) is 0.378. The first-order valence-corrected chi connectivity index (χ1v) is 10.8. The second-order valence-electron chi connectivity index (χ2n) is 7.65. The summed E-state index contributed by atoms with van der Waals surface area (Å²) in [5.41, 5.74) is 10.3. The van der Waals surface area contributed by atoms with E-state index in [-0.39, 0.29) is 0 Å². The van der Waals surface area contributed by atoms with Gasteiger partial charge in [-0.25, -0.2) is 4.98 Å². The highest BCUT2D eigenvalue weighted by Crippen LogP contribution is 2.23. The predicted molar refractivity (Wildman–Crippen MR) is 130 cm³/mol. The van der Waals surface area contributed by atoms with Crippen LogP contribution in [0.25, 0.3) is 23.1 Å². The number of aliphatic hydroxyl groups excluding tert-OH is 1. The van der Waals surface area contributed by atoms with Crippen LogP contribution in [-0.4, -0.2) is 16.0 Å². The largest absolute Gasteiger partial charge is 0.388 e. The van der Waals surface area contributed by atoms with Gasteiger partial charge in [-0.15, -0.1) is 0 Å². The van der Waals surface area contributed by atoms with Crippen LogP contribution in [0.15, 0.2) is 78.9 Å². The number of primary amides is 1. The van der Waals surface area contributed by atoms with Crippen molar-refractivity contribution in [2.75, 3.05) is 0 Å². The first-order chi connectivity index (χ1) is 15.5. The van der Waals surface area contributed by atoms with E-state index in [1.54, 1.807) is 12.1 Å². The number of nitrogens with two attached hydrogens (primary N) is 1. The van der Waals surface area contributed by atoms with E-state index < -0.39 is 12.0 Å². The Morgan fingerprint density at radius 2 is 1.81 bits per heavy atom. The molecule has 0 aliphatic rings. The Balaban J connectivity index is 1.47. The van der Waals surface area contributed by atoms with E-state index in [2.05, 4.69) is 4.98 Å². The fraction of sp³-hybridized carbons (Fsp3) is 0.111. The molecule has 32 heavy (non-hydrogen) atoms. The van der Waals surface area contributed by atoms with Gasteiger partial charge in [-0.2, -0.15) is 0 Å². The molecule has 1 aromatic heterocycles. The number of aromatic nitrogens is 1. The summed E-state index contributed by atoms with van der Waals surface area (Å²) in [4.78, 5) is 16.2. The summed E-state index contributed by atoms with van der Waals surface area (Å²) in [5.74, 6) is -0.452. The minimum Gasteiger partial charge on any atom is -0.388 e. The van der Waals surface area contributed by atoms with Crippen LogP contribution >= 0.6 is 11.6 Å². The number of pyridine rings is 1. The maximum absolute atomic E-state index is 11.6. The van der Waals surface area contributed by atoms with Crippen LogP contribution in [0.4, 0.5) is 0 Å². The Labute approximate surface area is 192 Å². The number of halogens is 1. The van der Waals surface area contributed by atoms with Gasteiger partial charge in [-0.3, -0.25) is 4.79 Å². The highest BCUT2D eigenvalue weighted by molar-refractivity contribution is 6.31. The number of fused-ring (bicyclic) bond motifs is 1. The number of aryl methyl sites for hydroxylation is 1. The predicted octanol–water partition coefficient (Wildman–Crippen LogP) is 5.82. The first-order valence-electron chi connectivity index (χ1n) is 10.4. The van der Waals surface area contributed by atoms with E-state index in [9.17, 15) is 9.90 Å². The maximum Gasteiger partial charge on any atom is 0.248 e. The molecule has 0 bridgehead atoms. The van der Waals surface area contributed by atoms with Gasteiger partial charge in [-0.05, 0) is 65.9 Å². The van der Waals surface area contributed by atoms with Crippen LogP contribution in [-0.2, 0) is 6.42 Å². The van der Waals surface area contributed by atoms with Crippen molar-refractivity contribution in [3.05, 3.63) is 112 Å². The van der Waals surface area contributed by atoms with Gasteiger partial charge in [0.1, 0.15) is 0 Å². The number of amides is 1. The van der Waals surface area contributed by atoms with Gasteiger partial charge >= 0.3 is 0 Å². The number of hydrogen-bond donors (Lipinski definition) is 2. The van der Waals surface area contributed by atoms with E-state index in [0.717, 1.165) is 33.3 Å². The fourth-order valence-electron chi connectivity index (χ4n) is 3.69. The van der Waals surface area contributed by atoms with E-state index in [0.29, 0.717) is 23.4 Å². The standard InChI is InChI=1S/C27H23ClN2O2/c28-22-12-9-20-10-14-23(30-25(20)17-22)13-8-18-4-3-6-21(16-18)26(31)15-11-19-5-1-2-7-24(19)27(29)32/h1-10,12-14,16-17,26,31H,11,15H2,(H2,29,32). The Morgan fingerprint density at radius 1 is 1.00 bits per heavy atom. The van der Waals surface area contributed by atoms with Gasteiger partial charge in [-0.1, -0.05) is 66.2 Å². The third kappa shape index (κ3) is 5.22. The molecule has 0 saturated carbocycles. The van der Waals surface area contributed by atoms with Crippen molar-refractivity contribution in [3.8, 4) is 0 Å². The number of benzene rings is 3. The summed E-state index contributed by atoms with van der Waals surface area (Å²) in [6, 6.07) is 24.6. The number of aliphatic hydroxyl groups is 1. The molecular formula is C27H23ClN2O2. The smallest absolute Gasteiger partial charge is 0.248 e. The molecule has 3 N–H and O–H groups in total. The van der Waals surface area contributed by atoms with Crippen molar-refractivity contribution >= 4 is 40.6 Å². The zero-order valence-electron chi connectivity index (χ0n) is 17.4. The third-order valence-electron chi connectivity index (χ3n) is 5.39. The molecule has 5 heteroatoms. The minimum absolute atomic E-state index is 0.452. The summed E-state index contributed by atoms with van der Waals surface area (Å²) in [6.45, 7) is 0. The average molecular weight is 443 g/mol. The SMILES string of the molecule is NC(=O)c1ccccc1CCC(O)c1cccc(C=Cc2ccc3ccc(Cl)cc3n2)c1. The van der Waals surface area contributed by atoms with Crippen molar-refractivity contribution < 1.29 is 9.90 Å². The van der Waals surface area contributed by atoms with E-state index in [4.69, 9.17) is 17.3 Å². The van der Waals surface area contributed by atoms with Crippen molar-refractivity contribution in [3.63, 3.8) is 0 Å². The topological polar surface area (TPSA) is 76.2 Å². The second kappa shape index (κ2) is 9.77. The lowest BCUT2D eigenvalue weighted by molar-refractivity contribution is 0.0998. The molecule has 1 amide bonds. The van der Waals surface area contributed by atoms with E-state index in [1.807, 2.05) is 78.9 Å². The second-order valence-corrected chi connectivity index (χ2v) is 8.09. The fourth-order valence-corrected chi connectivity index (χ4v) is 3.85. The van der Waals surface area contributed by atoms with Crippen LogP contribution < -0.4 is 5.73 Å². The van der Waals surface area contributed by atoms with Crippen LogP contribution in [0.1, 0.15) is 45.3 Å². The summed E-state index contributed by atoms with van der Waals surface area (Å²) in [5, 5.41) is 12.4. The van der Waals surface area contributed by atoms with Crippen LogP contribution in [0.5, 0.6) is 0 Å². The van der Waals surface area contributed by atoms with E-state index >= 15 is 0 Å². The molecule has 0 radical (unpaired) electrons. The zero-order chi connectivity index (χ0) is 22.5. The first kappa shape index (κ1) is 21.8. The molecule has 0 saturated heterocycles. The lowest BCUT2D eigenvalue weighted by Crippen LogP contribution is -2.14. The molecule has 0 fully saturated rings. The maximum atomic E-state index is 11.6. The molecule has 0 aliphatic carbocycles. The molecular weight excluding hydrogens is 420 g/mol. The lowest BCUT2D eigenvalue weighted by atomic mass is 9.97. The van der Waals surface area contributed by atoms with Gasteiger partial charge in [0.2, 0.25) is 5.91 Å². The summed E-state index contributed by atoms with van der Waals surface area (Å²) >= 11 is 6.08. The van der Waals surface area contributed by atoms with Crippen LogP contribution in [0.2, 0.25) is 5.02 Å². The van der Waals surface area contributed by atoms with Gasteiger partial charge in [0.25, 0.3) is 0 Å². The third-order valence-corrected chi connectivity index (χ3v) is 5.62. The zero-order valence-corrected chi connectivity index (χ0v) is 18.2. The van der Waals surface area contributed by atoms with Gasteiger partial charge in [0.05, 0.1) is 17.3 Å². The van der Waals surface area contributed by atoms with Crippen LogP contribution in [0.3, 0.4) is 0 Å². The van der Waals surface area contributed by atoms with Crippen LogP contribution in [0, 0.1) is 0 Å². The molecule has 4 rings (SSSR count). The average Bonchev–Trinajstić information content (AvgIpc) is 2.81. The van der Waals surface area contributed by atoms with Crippen molar-refractivity contribution in [1.82, 2.24) is 4.98 Å². The van der Waals surface area contributed by atoms with Gasteiger partial charge in [0.15, 0.2) is 0 Å². The van der Waals surface area contributed by atoms with E-state index in [1.165, 1.54) is 0 Å². The Bertz CT molecular complexity index is 1300. The minimum atomic E-state index is -0.648. The monoisotopic (exact) mass is 442 g/mol. The van der Waals surface area contributed by atoms with Gasteiger partial charge < -0.3 is 10.8 Å². The number of rotatable bonds is 7. The molecule has 1 atom stereocenters. The Morgan fingerprint density at radius 3 is 2.66 bits per heavy atom. The van der Waals surface area contributed by atoms with Crippen molar-refractivity contribution in [2.24, 2.45) is 5.73 Å². The Hall–Kier alpha value is -3.47. The highest BCUT2D eigenvalue weighted by atomic mass is 35.5. The molecule has 0 spiro atoms. The molecule has 160 valence electrons. The molecule has 1 heterocycles. The van der Waals surface area contributed by atoms with Gasteiger partial charge in [0, 0.05) is 16.0 Å². The number of carbonyl (C=O) groups is 1. The number of nitrogens with zero attached hydrogens (tertiary/aromatic N) is 1. The molecule has 1 unspecified atom stereocenters. The summed E-state index contributed by atoms with van der Waals surface area (Å²) in [7, 11) is 0. The van der Waals surface area contributed by atoms with Crippen molar-refractivity contribution in [2.45, 2.75) is 18.9 Å². The molecule has 3 aromatic carbocycles. The highest BCUT2D eigenvalue weighted by Gasteiger charge is 2.12. The number of carbonyl (C=O) groups excluding carboxylic acids is 1. The molecule has 0 aliphatic heterocycles.